The summed E-state index contributed by atoms with van der Waals surface area (Å²) in [4.78, 5) is 6.20. The predicted octanol–water partition coefficient (Wildman–Crippen LogP) is 2.24. The fraction of sp³-hybridized carbons (Fsp3) is 0.214. The summed E-state index contributed by atoms with van der Waals surface area (Å²) < 4.78 is 13.8. The van der Waals surface area contributed by atoms with E-state index in [9.17, 15) is 4.39 Å². The van der Waals surface area contributed by atoms with Crippen molar-refractivity contribution in [2.75, 3.05) is 11.4 Å². The van der Waals surface area contributed by atoms with Crippen LogP contribution in [-0.4, -0.2) is 11.5 Å². The van der Waals surface area contributed by atoms with E-state index in [1.54, 1.807) is 18.5 Å². The van der Waals surface area contributed by atoms with E-state index in [2.05, 4.69) is 9.88 Å². The van der Waals surface area contributed by atoms with E-state index in [0.29, 0.717) is 13.1 Å². The van der Waals surface area contributed by atoms with Gasteiger partial charge < -0.3 is 10.6 Å². The number of fused-ring (bicyclic) bond motifs is 1. The highest BCUT2D eigenvalue weighted by Crippen LogP contribution is 2.37. The minimum atomic E-state index is -0.155. The minimum Gasteiger partial charge on any atom is -0.357 e. The van der Waals surface area contributed by atoms with Crippen molar-refractivity contribution in [2.45, 2.75) is 12.6 Å². The summed E-state index contributed by atoms with van der Waals surface area (Å²) in [6.07, 6.45) is 3.51. The van der Waals surface area contributed by atoms with Gasteiger partial charge in [-0.2, -0.15) is 0 Å². The first-order chi connectivity index (χ1) is 8.81. The second kappa shape index (κ2) is 4.38. The van der Waals surface area contributed by atoms with Gasteiger partial charge in [0.25, 0.3) is 0 Å². The Balaban J connectivity index is 2.04. The topological polar surface area (TPSA) is 42.1 Å². The van der Waals surface area contributed by atoms with Gasteiger partial charge >= 0.3 is 0 Å². The van der Waals surface area contributed by atoms with Crippen molar-refractivity contribution in [1.82, 2.24) is 4.98 Å². The third-order valence-corrected chi connectivity index (χ3v) is 3.42. The molecule has 0 saturated heterocycles. The Hall–Kier alpha value is -1.94. The number of nitrogens with two attached hydrogens (primary N) is 1. The third-order valence-electron chi connectivity index (χ3n) is 3.42. The molecule has 0 radical (unpaired) electrons. The van der Waals surface area contributed by atoms with E-state index in [0.717, 1.165) is 16.8 Å². The predicted molar refractivity (Wildman–Crippen MR) is 68.6 cm³/mol. The van der Waals surface area contributed by atoms with Crippen LogP contribution >= 0.6 is 0 Å². The Bertz CT molecular complexity index is 556. The first-order valence-electron chi connectivity index (χ1n) is 5.95. The molecule has 0 bridgehead atoms. The zero-order chi connectivity index (χ0) is 12.5. The van der Waals surface area contributed by atoms with Crippen molar-refractivity contribution in [3.63, 3.8) is 0 Å². The van der Waals surface area contributed by atoms with Crippen LogP contribution in [0, 0.1) is 5.82 Å². The second-order valence-corrected chi connectivity index (χ2v) is 4.40. The van der Waals surface area contributed by atoms with Crippen molar-refractivity contribution in [1.29, 1.82) is 0 Å². The van der Waals surface area contributed by atoms with Crippen LogP contribution in [0.2, 0.25) is 0 Å². The van der Waals surface area contributed by atoms with E-state index in [1.165, 1.54) is 6.07 Å². The molecule has 18 heavy (non-hydrogen) atoms. The quantitative estimate of drug-likeness (QED) is 0.879. The van der Waals surface area contributed by atoms with E-state index >= 15 is 0 Å². The molecule has 0 aliphatic carbocycles. The molecular formula is C14H14FN3. The lowest BCUT2D eigenvalue weighted by molar-refractivity contribution is 0.612. The van der Waals surface area contributed by atoms with Gasteiger partial charge in [-0.3, -0.25) is 4.98 Å². The average Bonchev–Trinajstić information content (AvgIpc) is 2.80. The van der Waals surface area contributed by atoms with Crippen LogP contribution in [-0.2, 0) is 6.54 Å². The molecule has 4 heteroatoms. The van der Waals surface area contributed by atoms with Gasteiger partial charge in [-0.25, -0.2) is 4.39 Å². The molecule has 3 rings (SSSR count). The molecule has 2 aromatic rings. The van der Waals surface area contributed by atoms with Crippen molar-refractivity contribution in [2.24, 2.45) is 5.73 Å². The van der Waals surface area contributed by atoms with Gasteiger partial charge in [0.05, 0.1) is 17.9 Å². The Kier molecular flexibility index (Phi) is 2.72. The number of rotatable bonds is 2. The van der Waals surface area contributed by atoms with Crippen LogP contribution in [0.3, 0.4) is 0 Å². The smallest absolute Gasteiger partial charge is 0.128 e. The zero-order valence-corrected chi connectivity index (χ0v) is 9.88. The summed E-state index contributed by atoms with van der Waals surface area (Å²) >= 11 is 0. The number of hydrogen-bond donors (Lipinski definition) is 1. The van der Waals surface area contributed by atoms with Gasteiger partial charge in [-0.1, -0.05) is 12.1 Å². The summed E-state index contributed by atoms with van der Waals surface area (Å²) in [5.41, 5.74) is 8.55. The molecule has 0 fully saturated rings. The largest absolute Gasteiger partial charge is 0.357 e. The maximum atomic E-state index is 13.8. The number of nitrogens with zero attached hydrogens (tertiary/aromatic N) is 2. The second-order valence-electron chi connectivity index (χ2n) is 4.40. The van der Waals surface area contributed by atoms with Crippen molar-refractivity contribution in [3.05, 3.63) is 59.7 Å². The number of hydrogen-bond acceptors (Lipinski definition) is 3. The molecule has 1 unspecified atom stereocenters. The highest BCUT2D eigenvalue weighted by atomic mass is 19.1. The molecule has 2 heterocycles. The molecule has 0 spiro atoms. The summed E-state index contributed by atoms with van der Waals surface area (Å²) in [5, 5.41) is 0. The van der Waals surface area contributed by atoms with E-state index in [1.807, 2.05) is 18.2 Å². The van der Waals surface area contributed by atoms with Crippen LogP contribution in [0.5, 0.6) is 0 Å². The van der Waals surface area contributed by atoms with E-state index < -0.39 is 0 Å². The lowest BCUT2D eigenvalue weighted by atomic mass is 10.0. The van der Waals surface area contributed by atoms with Gasteiger partial charge in [0.2, 0.25) is 0 Å². The number of halogens is 1. The monoisotopic (exact) mass is 243 g/mol. The molecule has 1 aliphatic heterocycles. The first-order valence-corrected chi connectivity index (χ1v) is 5.95. The fourth-order valence-electron chi connectivity index (χ4n) is 2.55. The SMILES string of the molecule is NCC1c2cccc(F)c2CN1c1cccnc1. The molecule has 92 valence electrons. The molecule has 0 amide bonds. The highest BCUT2D eigenvalue weighted by Gasteiger charge is 2.31. The molecular weight excluding hydrogens is 229 g/mol. The zero-order valence-electron chi connectivity index (χ0n) is 9.88. The van der Waals surface area contributed by atoms with Gasteiger partial charge in [-0.15, -0.1) is 0 Å². The first kappa shape index (κ1) is 11.2. The van der Waals surface area contributed by atoms with Gasteiger partial charge in [0.1, 0.15) is 5.82 Å². The summed E-state index contributed by atoms with van der Waals surface area (Å²) in [5.74, 6) is -0.155. The summed E-state index contributed by atoms with van der Waals surface area (Å²) in [6, 6.07) is 9.07. The Labute approximate surface area is 105 Å². The van der Waals surface area contributed by atoms with Crippen LogP contribution in [0.15, 0.2) is 42.7 Å². The van der Waals surface area contributed by atoms with E-state index in [-0.39, 0.29) is 11.9 Å². The molecule has 1 aromatic heterocycles. The summed E-state index contributed by atoms with van der Waals surface area (Å²) in [6.45, 7) is 1.01. The van der Waals surface area contributed by atoms with Gasteiger partial charge in [0.15, 0.2) is 0 Å². The standard InChI is InChI=1S/C14H14FN3/c15-13-5-1-4-11-12(13)9-18(14(11)7-16)10-3-2-6-17-8-10/h1-6,8,14H,7,9,16H2. The lowest BCUT2D eigenvalue weighted by Gasteiger charge is -2.25. The molecule has 1 aromatic carbocycles. The molecule has 1 atom stereocenters. The van der Waals surface area contributed by atoms with Gasteiger partial charge in [-0.05, 0) is 23.8 Å². The number of benzene rings is 1. The van der Waals surface area contributed by atoms with Crippen LogP contribution in [0.25, 0.3) is 0 Å². The van der Waals surface area contributed by atoms with Crippen molar-refractivity contribution >= 4 is 5.69 Å². The normalized spacial score (nSPS) is 17.9. The maximum Gasteiger partial charge on any atom is 0.128 e. The highest BCUT2D eigenvalue weighted by molar-refractivity contribution is 5.53. The Morgan fingerprint density at radius 2 is 2.22 bits per heavy atom. The lowest BCUT2D eigenvalue weighted by Crippen LogP contribution is -2.27. The minimum absolute atomic E-state index is 0.0277. The Morgan fingerprint density at radius 1 is 1.33 bits per heavy atom. The van der Waals surface area contributed by atoms with Crippen LogP contribution in [0.4, 0.5) is 10.1 Å². The number of pyridine rings is 1. The maximum absolute atomic E-state index is 13.8. The van der Waals surface area contributed by atoms with Crippen LogP contribution in [0.1, 0.15) is 17.2 Å². The van der Waals surface area contributed by atoms with Crippen molar-refractivity contribution < 1.29 is 4.39 Å². The number of anilines is 1. The molecule has 2 N–H and O–H groups in total. The van der Waals surface area contributed by atoms with E-state index in [4.69, 9.17) is 5.73 Å². The Morgan fingerprint density at radius 3 is 2.94 bits per heavy atom. The molecule has 0 saturated carbocycles. The average molecular weight is 243 g/mol. The van der Waals surface area contributed by atoms with Crippen LogP contribution < -0.4 is 10.6 Å². The summed E-state index contributed by atoms with van der Waals surface area (Å²) in [7, 11) is 0. The fourth-order valence-corrected chi connectivity index (χ4v) is 2.55. The van der Waals surface area contributed by atoms with Gasteiger partial charge in [0, 0.05) is 24.8 Å². The third kappa shape index (κ3) is 1.66. The van der Waals surface area contributed by atoms with Crippen molar-refractivity contribution in [3.8, 4) is 0 Å². The number of aromatic nitrogens is 1. The molecule has 1 aliphatic rings. The molecule has 3 nitrogen and oxygen atoms in total.